The van der Waals surface area contributed by atoms with Gasteiger partial charge in [0.2, 0.25) is 0 Å². The third-order valence-electron chi connectivity index (χ3n) is 3.10. The van der Waals surface area contributed by atoms with Gasteiger partial charge < -0.3 is 4.74 Å². The van der Waals surface area contributed by atoms with E-state index in [2.05, 4.69) is 0 Å². The molecule has 0 aliphatic rings. The molecule has 0 amide bonds. The summed E-state index contributed by atoms with van der Waals surface area (Å²) < 4.78 is 54.2. The smallest absolute Gasteiger partial charge is 0.314 e. The normalized spacial score (nSPS) is 12.3. The fraction of sp³-hybridized carbons (Fsp3) is 0.533. The van der Waals surface area contributed by atoms with Crippen LogP contribution in [0.25, 0.3) is 0 Å². The first-order chi connectivity index (χ1) is 11.1. The summed E-state index contributed by atoms with van der Waals surface area (Å²) in [7, 11) is -6.50. The van der Waals surface area contributed by atoms with E-state index in [1.807, 2.05) is 30.3 Å². The van der Waals surface area contributed by atoms with E-state index in [9.17, 15) is 21.6 Å². The van der Waals surface area contributed by atoms with Gasteiger partial charge in [-0.2, -0.15) is 8.42 Å². The molecule has 0 saturated carbocycles. The van der Waals surface area contributed by atoms with Crippen molar-refractivity contribution in [1.82, 2.24) is 0 Å². The van der Waals surface area contributed by atoms with Crippen molar-refractivity contribution in [1.29, 1.82) is 0 Å². The quantitative estimate of drug-likeness (QED) is 0.369. The lowest BCUT2D eigenvalue weighted by Gasteiger charge is -2.22. The molecule has 0 fully saturated rings. The maximum absolute atomic E-state index is 12.1. The summed E-state index contributed by atoms with van der Waals surface area (Å²) in [5.41, 5.74) is -0.326. The van der Waals surface area contributed by atoms with Gasteiger partial charge >= 0.3 is 5.97 Å². The van der Waals surface area contributed by atoms with Crippen LogP contribution in [0.1, 0.15) is 25.8 Å². The second kappa shape index (κ2) is 9.14. The van der Waals surface area contributed by atoms with E-state index in [4.69, 9.17) is 8.92 Å². The summed E-state index contributed by atoms with van der Waals surface area (Å²) in [6, 6.07) is 9.10. The molecule has 1 rings (SSSR count). The topological polar surface area (TPSA) is 104 Å². The highest BCUT2D eigenvalue weighted by Gasteiger charge is 2.32. The molecule has 1 aromatic rings. The molecule has 0 atom stereocenters. The Morgan fingerprint density at radius 3 is 2.38 bits per heavy atom. The summed E-state index contributed by atoms with van der Waals surface area (Å²) in [4.78, 5) is 12.1. The van der Waals surface area contributed by atoms with Crippen LogP contribution < -0.4 is 0 Å². The molecule has 0 aromatic heterocycles. The lowest BCUT2D eigenvalue weighted by Crippen LogP contribution is -2.33. The van der Waals surface area contributed by atoms with Gasteiger partial charge in [-0.25, -0.2) is 8.42 Å². The standard InChI is InChI=1S/C15H22O7S2/c1-15(2,12-22-24(19,20)10-6-9-23(17)18)14(16)21-11-13-7-4-3-5-8-13/h3-5,7-8,23H,6,9-12H2,1-2H3. The van der Waals surface area contributed by atoms with Gasteiger partial charge in [-0.05, 0) is 25.8 Å². The Kier molecular flexibility index (Phi) is 7.85. The lowest BCUT2D eigenvalue weighted by molar-refractivity contribution is -0.156. The molecule has 0 N–H and O–H groups in total. The largest absolute Gasteiger partial charge is 0.460 e. The molecular formula is C15H22O7S2. The van der Waals surface area contributed by atoms with Crippen molar-refractivity contribution in [3.63, 3.8) is 0 Å². The van der Waals surface area contributed by atoms with E-state index in [1.165, 1.54) is 13.8 Å². The summed E-state index contributed by atoms with van der Waals surface area (Å²) in [6.45, 7) is 2.76. The van der Waals surface area contributed by atoms with Crippen LogP contribution in [0, 0.1) is 5.41 Å². The number of carbonyl (C=O) groups excluding carboxylic acids is 1. The van der Waals surface area contributed by atoms with E-state index in [0.29, 0.717) is 0 Å². The van der Waals surface area contributed by atoms with Crippen LogP contribution in [-0.2, 0) is 41.1 Å². The molecule has 0 radical (unpaired) electrons. The molecule has 9 heteroatoms. The molecular weight excluding hydrogens is 356 g/mol. The second-order valence-electron chi connectivity index (χ2n) is 5.88. The van der Waals surface area contributed by atoms with Crippen LogP contribution in [0.3, 0.4) is 0 Å². The number of esters is 1. The van der Waals surface area contributed by atoms with Gasteiger partial charge in [0, 0.05) is 5.75 Å². The van der Waals surface area contributed by atoms with Crippen LogP contribution in [0.4, 0.5) is 0 Å². The highest BCUT2D eigenvalue weighted by Crippen LogP contribution is 2.20. The zero-order chi connectivity index (χ0) is 18.2. The Bertz CT molecular complexity index is 699. The summed E-state index contributed by atoms with van der Waals surface area (Å²) in [6.07, 6.45) is -0.0417. The second-order valence-corrected chi connectivity index (χ2v) is 8.75. The Morgan fingerprint density at radius 2 is 1.79 bits per heavy atom. The summed E-state index contributed by atoms with van der Waals surface area (Å²) in [5, 5.41) is 0. The predicted molar refractivity (Wildman–Crippen MR) is 89.6 cm³/mol. The Balaban J connectivity index is 2.47. The molecule has 136 valence electrons. The van der Waals surface area contributed by atoms with Crippen LogP contribution in [0.15, 0.2) is 30.3 Å². The van der Waals surface area contributed by atoms with Crippen LogP contribution in [0.2, 0.25) is 0 Å². The van der Waals surface area contributed by atoms with Crippen molar-refractivity contribution in [2.24, 2.45) is 5.41 Å². The molecule has 7 nitrogen and oxygen atoms in total. The van der Waals surface area contributed by atoms with Gasteiger partial charge in [-0.3, -0.25) is 8.98 Å². The minimum absolute atomic E-state index is 0.0417. The fourth-order valence-electron chi connectivity index (χ4n) is 1.64. The highest BCUT2D eigenvalue weighted by molar-refractivity contribution is 7.86. The van der Waals surface area contributed by atoms with Gasteiger partial charge in [0.05, 0.1) is 17.8 Å². The number of hydrogen-bond acceptors (Lipinski definition) is 7. The average molecular weight is 378 g/mol. The lowest BCUT2D eigenvalue weighted by atomic mass is 9.95. The van der Waals surface area contributed by atoms with Gasteiger partial charge in [-0.15, -0.1) is 0 Å². The molecule has 0 bridgehead atoms. The number of rotatable bonds is 10. The minimum atomic E-state index is -3.89. The van der Waals surface area contributed by atoms with Crippen molar-refractivity contribution in [2.45, 2.75) is 26.9 Å². The maximum Gasteiger partial charge on any atom is 0.314 e. The van der Waals surface area contributed by atoms with Gasteiger partial charge in [-0.1, -0.05) is 30.3 Å². The molecule has 0 aliphatic carbocycles. The van der Waals surface area contributed by atoms with Gasteiger partial charge in [0.25, 0.3) is 10.1 Å². The zero-order valence-corrected chi connectivity index (χ0v) is 15.3. The number of carbonyl (C=O) groups is 1. The first kappa shape index (κ1) is 20.6. The fourth-order valence-corrected chi connectivity index (χ4v) is 3.36. The van der Waals surface area contributed by atoms with Gasteiger partial charge in [0.1, 0.15) is 17.3 Å². The van der Waals surface area contributed by atoms with Crippen molar-refractivity contribution in [3.05, 3.63) is 35.9 Å². The third kappa shape index (κ3) is 7.89. The van der Waals surface area contributed by atoms with Crippen molar-refractivity contribution in [2.75, 3.05) is 18.1 Å². The number of ether oxygens (including phenoxy) is 1. The van der Waals surface area contributed by atoms with Crippen molar-refractivity contribution in [3.8, 4) is 0 Å². The predicted octanol–water partition coefficient (Wildman–Crippen LogP) is 1.10. The number of hydrogen-bond donors (Lipinski definition) is 1. The summed E-state index contributed by atoms with van der Waals surface area (Å²) >= 11 is 0. The van der Waals surface area contributed by atoms with E-state index >= 15 is 0 Å². The first-order valence-corrected chi connectivity index (χ1v) is 10.3. The van der Waals surface area contributed by atoms with E-state index < -0.39 is 38.0 Å². The molecule has 1 aromatic carbocycles. The van der Waals surface area contributed by atoms with Crippen LogP contribution >= 0.6 is 0 Å². The van der Waals surface area contributed by atoms with Crippen LogP contribution in [-0.4, -0.2) is 40.9 Å². The minimum Gasteiger partial charge on any atom is -0.460 e. The first-order valence-electron chi connectivity index (χ1n) is 7.32. The SMILES string of the molecule is CC(C)(COS(=O)(=O)CCC[SH](=O)=O)C(=O)OCc1ccccc1. The van der Waals surface area contributed by atoms with E-state index in [1.54, 1.807) is 0 Å². The molecule has 0 unspecified atom stereocenters. The molecule has 0 saturated heterocycles. The Hall–Kier alpha value is -1.45. The zero-order valence-electron chi connectivity index (χ0n) is 13.6. The Labute approximate surface area is 144 Å². The summed E-state index contributed by atoms with van der Waals surface area (Å²) in [5.74, 6) is -1.21. The Morgan fingerprint density at radius 1 is 1.17 bits per heavy atom. The molecule has 0 spiro atoms. The average Bonchev–Trinajstić information content (AvgIpc) is 2.51. The maximum atomic E-state index is 12.1. The van der Waals surface area contributed by atoms with E-state index in [0.717, 1.165) is 5.56 Å². The monoisotopic (exact) mass is 378 g/mol. The van der Waals surface area contributed by atoms with Crippen LogP contribution in [0.5, 0.6) is 0 Å². The number of thiol groups is 1. The molecule has 24 heavy (non-hydrogen) atoms. The molecule has 0 heterocycles. The van der Waals surface area contributed by atoms with Gasteiger partial charge in [0.15, 0.2) is 0 Å². The highest BCUT2D eigenvalue weighted by atomic mass is 32.2. The van der Waals surface area contributed by atoms with Crippen molar-refractivity contribution < 1.29 is 30.6 Å². The number of benzene rings is 1. The third-order valence-corrected chi connectivity index (χ3v) is 5.05. The van der Waals surface area contributed by atoms with E-state index in [-0.39, 0.29) is 25.4 Å². The molecule has 0 aliphatic heterocycles. The van der Waals surface area contributed by atoms with Crippen molar-refractivity contribution >= 4 is 26.8 Å².